The van der Waals surface area contributed by atoms with Gasteiger partial charge >= 0.3 is 6.18 Å². The molecule has 2 aromatic carbocycles. The summed E-state index contributed by atoms with van der Waals surface area (Å²) >= 11 is 3.33. The summed E-state index contributed by atoms with van der Waals surface area (Å²) < 4.78 is 65.1. The van der Waals surface area contributed by atoms with Crippen LogP contribution < -0.4 is 15.4 Å². The van der Waals surface area contributed by atoms with Crippen molar-refractivity contribution >= 4 is 54.6 Å². The van der Waals surface area contributed by atoms with Crippen molar-refractivity contribution in [3.63, 3.8) is 0 Å². The molecule has 3 N–H and O–H groups in total. The average Bonchev–Trinajstić information content (AvgIpc) is 3.57. The molecule has 7 nitrogen and oxygen atoms in total. The molecule has 1 aliphatic carbocycles. The third-order valence-electron chi connectivity index (χ3n) is 5.25. The SMILES string of the molecule is CNC(=O)C(=Nc1ccc(Br)cc1)c1cc(C2CC2)c(N(CCC(F)(F)F)S(C)(=O)=O)cc1N. The van der Waals surface area contributed by atoms with E-state index >= 15 is 0 Å². The highest BCUT2D eigenvalue weighted by molar-refractivity contribution is 9.10. The number of carbonyl (C=O) groups is 1. The first-order chi connectivity index (χ1) is 15.8. The van der Waals surface area contributed by atoms with Crippen molar-refractivity contribution in [1.82, 2.24) is 5.32 Å². The fraction of sp³-hybridized carbons (Fsp3) is 0.364. The Morgan fingerprint density at radius 1 is 1.24 bits per heavy atom. The number of nitrogens with two attached hydrogens (primary N) is 1. The molecule has 1 fully saturated rings. The molecule has 0 unspecified atom stereocenters. The van der Waals surface area contributed by atoms with Gasteiger partial charge < -0.3 is 11.1 Å². The maximum Gasteiger partial charge on any atom is 0.390 e. The molecule has 0 saturated heterocycles. The number of amides is 1. The van der Waals surface area contributed by atoms with E-state index < -0.39 is 35.1 Å². The topological polar surface area (TPSA) is 105 Å². The summed E-state index contributed by atoms with van der Waals surface area (Å²) in [5.41, 5.74) is 7.64. The van der Waals surface area contributed by atoms with Crippen molar-refractivity contribution in [2.45, 2.75) is 31.4 Å². The highest BCUT2D eigenvalue weighted by atomic mass is 79.9. The second-order valence-corrected chi connectivity index (χ2v) is 10.8. The van der Waals surface area contributed by atoms with Gasteiger partial charge in [-0.3, -0.25) is 9.10 Å². The molecule has 34 heavy (non-hydrogen) atoms. The van der Waals surface area contributed by atoms with E-state index in [-0.39, 0.29) is 28.6 Å². The Bertz CT molecular complexity index is 1210. The second kappa shape index (κ2) is 9.95. The van der Waals surface area contributed by atoms with Crippen LogP contribution >= 0.6 is 15.9 Å². The number of anilines is 2. The third-order valence-corrected chi connectivity index (χ3v) is 6.96. The first-order valence-corrected chi connectivity index (χ1v) is 13.0. The van der Waals surface area contributed by atoms with Crippen LogP contribution in [0.15, 0.2) is 45.9 Å². The lowest BCUT2D eigenvalue weighted by molar-refractivity contribution is -0.132. The van der Waals surface area contributed by atoms with E-state index in [0.717, 1.165) is 27.9 Å². The Morgan fingerprint density at radius 3 is 2.35 bits per heavy atom. The monoisotopic (exact) mass is 560 g/mol. The highest BCUT2D eigenvalue weighted by Gasteiger charge is 2.35. The average molecular weight is 561 g/mol. The molecule has 0 heterocycles. The van der Waals surface area contributed by atoms with Crippen molar-refractivity contribution in [3.05, 3.63) is 52.0 Å². The molecule has 0 bridgehead atoms. The number of halogens is 4. The van der Waals surface area contributed by atoms with Crippen LogP contribution in [0.1, 0.15) is 36.3 Å². The number of hydrogen-bond acceptors (Lipinski definition) is 5. The van der Waals surface area contributed by atoms with Gasteiger partial charge in [-0.15, -0.1) is 0 Å². The number of likely N-dealkylation sites (N-methyl/N-ethyl adjacent to an activating group) is 1. The quantitative estimate of drug-likeness (QED) is 0.366. The summed E-state index contributed by atoms with van der Waals surface area (Å²) in [4.78, 5) is 17.1. The molecule has 1 amide bonds. The second-order valence-electron chi connectivity index (χ2n) is 7.99. The zero-order valence-electron chi connectivity index (χ0n) is 18.5. The summed E-state index contributed by atoms with van der Waals surface area (Å²) in [6, 6.07) is 9.80. The summed E-state index contributed by atoms with van der Waals surface area (Å²) in [7, 11) is -2.59. The molecule has 0 spiro atoms. The normalized spacial score (nSPS) is 14.7. The minimum Gasteiger partial charge on any atom is -0.398 e. The first kappa shape index (κ1) is 26.0. The van der Waals surface area contributed by atoms with E-state index in [4.69, 9.17) is 5.73 Å². The minimum atomic E-state index is -4.53. The van der Waals surface area contributed by atoms with Gasteiger partial charge in [0.15, 0.2) is 0 Å². The predicted molar refractivity (Wildman–Crippen MR) is 130 cm³/mol. The Balaban J connectivity index is 2.15. The van der Waals surface area contributed by atoms with Gasteiger partial charge in [-0.25, -0.2) is 13.4 Å². The van der Waals surface area contributed by atoms with Gasteiger partial charge in [-0.05, 0) is 60.7 Å². The van der Waals surface area contributed by atoms with Gasteiger partial charge in [0.05, 0.1) is 24.1 Å². The molecular formula is C22H24BrF3N4O3S. The third kappa shape index (κ3) is 6.50. The number of benzene rings is 2. The maximum atomic E-state index is 12.9. The van der Waals surface area contributed by atoms with Crippen molar-refractivity contribution in [2.75, 3.05) is 29.9 Å². The number of nitrogens with zero attached hydrogens (tertiary/aromatic N) is 2. The lowest BCUT2D eigenvalue weighted by Gasteiger charge is -2.27. The lowest BCUT2D eigenvalue weighted by atomic mass is 9.98. The molecule has 184 valence electrons. The number of alkyl halides is 3. The highest BCUT2D eigenvalue weighted by Crippen LogP contribution is 2.46. The number of hydrogen-bond donors (Lipinski definition) is 2. The first-order valence-electron chi connectivity index (χ1n) is 10.3. The minimum absolute atomic E-state index is 0.0111. The zero-order chi connectivity index (χ0) is 25.3. The molecular weight excluding hydrogens is 537 g/mol. The molecule has 2 aromatic rings. The van der Waals surface area contributed by atoms with Crippen LogP contribution in [0.4, 0.5) is 30.2 Å². The largest absolute Gasteiger partial charge is 0.398 e. The smallest absolute Gasteiger partial charge is 0.390 e. The summed E-state index contributed by atoms with van der Waals surface area (Å²) in [6.45, 7) is -0.768. The number of rotatable bonds is 8. The zero-order valence-corrected chi connectivity index (χ0v) is 20.9. The van der Waals surface area contributed by atoms with Crippen LogP contribution in [-0.2, 0) is 14.8 Å². The predicted octanol–water partition coefficient (Wildman–Crippen LogP) is 4.49. The summed E-state index contributed by atoms with van der Waals surface area (Å²) in [5, 5.41) is 2.52. The van der Waals surface area contributed by atoms with Crippen LogP contribution in [0, 0.1) is 0 Å². The Morgan fingerprint density at radius 2 is 1.85 bits per heavy atom. The summed E-state index contributed by atoms with van der Waals surface area (Å²) in [5.74, 6) is -0.565. The van der Waals surface area contributed by atoms with E-state index in [1.54, 1.807) is 30.3 Å². The fourth-order valence-corrected chi connectivity index (χ4v) is 4.66. The van der Waals surface area contributed by atoms with Crippen molar-refractivity contribution in [3.8, 4) is 0 Å². The van der Waals surface area contributed by atoms with E-state index in [9.17, 15) is 26.4 Å². The standard InChI is InChI=1S/C22H24BrF3N4O3S/c1-28-21(31)20(29-15-7-5-14(23)6-8-15)17-11-16(13-3-4-13)19(12-18(17)27)30(34(2,32)33)10-9-22(24,25)26/h5-8,11-13H,3-4,9-10,27H2,1-2H3,(H,28,31). The summed E-state index contributed by atoms with van der Waals surface area (Å²) in [6.07, 6.45) is -3.49. The number of carbonyl (C=O) groups excluding carboxylic acids is 1. The molecule has 1 saturated carbocycles. The Labute approximate surface area is 204 Å². The number of sulfonamides is 1. The molecule has 0 aliphatic heterocycles. The van der Waals surface area contributed by atoms with Crippen molar-refractivity contribution < 1.29 is 26.4 Å². The van der Waals surface area contributed by atoms with Gasteiger partial charge in [-0.2, -0.15) is 13.2 Å². The van der Waals surface area contributed by atoms with E-state index in [0.29, 0.717) is 11.3 Å². The number of nitrogens with one attached hydrogen (secondary N) is 1. The van der Waals surface area contributed by atoms with Crippen LogP contribution in [0.3, 0.4) is 0 Å². The van der Waals surface area contributed by atoms with Gasteiger partial charge in [0, 0.05) is 29.3 Å². The van der Waals surface area contributed by atoms with E-state index in [1.807, 2.05) is 0 Å². The fourth-order valence-electron chi connectivity index (χ4n) is 3.45. The molecule has 0 aromatic heterocycles. The van der Waals surface area contributed by atoms with Gasteiger partial charge in [0.1, 0.15) is 5.71 Å². The van der Waals surface area contributed by atoms with Crippen LogP contribution in [0.2, 0.25) is 0 Å². The van der Waals surface area contributed by atoms with Gasteiger partial charge in [0.25, 0.3) is 5.91 Å². The van der Waals surface area contributed by atoms with Crippen LogP contribution in [-0.4, -0.2) is 46.1 Å². The van der Waals surface area contributed by atoms with Crippen LogP contribution in [0.5, 0.6) is 0 Å². The molecule has 12 heteroatoms. The molecule has 1 aliphatic rings. The van der Waals surface area contributed by atoms with Crippen molar-refractivity contribution in [2.24, 2.45) is 4.99 Å². The lowest BCUT2D eigenvalue weighted by Crippen LogP contribution is -2.34. The Kier molecular flexibility index (Phi) is 7.61. The number of nitrogen functional groups attached to an aromatic ring is 1. The maximum absolute atomic E-state index is 12.9. The molecule has 0 atom stereocenters. The van der Waals surface area contributed by atoms with Crippen molar-refractivity contribution in [1.29, 1.82) is 0 Å². The Hall–Kier alpha value is -2.60. The molecule has 0 radical (unpaired) electrons. The number of aliphatic imine (C=N–C) groups is 1. The van der Waals surface area contributed by atoms with E-state index in [2.05, 4.69) is 26.2 Å². The van der Waals surface area contributed by atoms with Gasteiger partial charge in [-0.1, -0.05) is 15.9 Å². The van der Waals surface area contributed by atoms with Gasteiger partial charge in [0.2, 0.25) is 10.0 Å². The van der Waals surface area contributed by atoms with E-state index in [1.165, 1.54) is 13.1 Å². The van der Waals surface area contributed by atoms with Crippen LogP contribution in [0.25, 0.3) is 0 Å². The molecule has 3 rings (SSSR count).